The van der Waals surface area contributed by atoms with E-state index in [1.54, 1.807) is 29.7 Å². The lowest BCUT2D eigenvalue weighted by Gasteiger charge is -2.16. The zero-order chi connectivity index (χ0) is 16.9. The average Bonchev–Trinajstić information content (AvgIpc) is 3.25. The Hall–Kier alpha value is -2.60. The van der Waals surface area contributed by atoms with Gasteiger partial charge in [0.15, 0.2) is 10.8 Å². The summed E-state index contributed by atoms with van der Waals surface area (Å²) in [5.41, 5.74) is 1.56. The molecule has 0 saturated heterocycles. The summed E-state index contributed by atoms with van der Waals surface area (Å²) in [5, 5.41) is 2.45. The van der Waals surface area contributed by atoms with E-state index in [-0.39, 0.29) is 5.91 Å². The molecule has 0 aliphatic rings. The zero-order valence-corrected chi connectivity index (χ0v) is 14.4. The topological polar surface area (TPSA) is 55.6 Å². The summed E-state index contributed by atoms with van der Waals surface area (Å²) in [6.07, 6.45) is 1.59. The monoisotopic (exact) mass is 342 g/mol. The number of benzene rings is 1. The van der Waals surface area contributed by atoms with Crippen LogP contribution in [0.2, 0.25) is 0 Å². The molecule has 0 N–H and O–H groups in total. The van der Waals surface area contributed by atoms with Crippen LogP contribution >= 0.6 is 11.3 Å². The molecule has 0 aliphatic heterocycles. The van der Waals surface area contributed by atoms with Crippen molar-refractivity contribution in [3.63, 3.8) is 0 Å². The number of hydrogen-bond donors (Lipinski definition) is 0. The first kappa shape index (κ1) is 16.3. The van der Waals surface area contributed by atoms with Crippen molar-refractivity contribution in [2.75, 3.05) is 20.2 Å². The fourth-order valence-electron chi connectivity index (χ4n) is 2.19. The first-order chi connectivity index (χ1) is 11.6. The second kappa shape index (κ2) is 7.31. The van der Waals surface area contributed by atoms with E-state index in [0.717, 1.165) is 11.3 Å². The van der Waals surface area contributed by atoms with Crippen LogP contribution in [0.5, 0.6) is 5.75 Å². The summed E-state index contributed by atoms with van der Waals surface area (Å²) < 4.78 is 11.0. The fourth-order valence-corrected chi connectivity index (χ4v) is 2.95. The number of hydrogen-bond acceptors (Lipinski definition) is 5. The van der Waals surface area contributed by atoms with Crippen LogP contribution in [0.3, 0.4) is 0 Å². The van der Waals surface area contributed by atoms with Gasteiger partial charge >= 0.3 is 0 Å². The number of furan rings is 1. The Morgan fingerprint density at radius 3 is 2.96 bits per heavy atom. The smallest absolute Gasteiger partial charge is 0.273 e. The molecule has 2 heterocycles. The van der Waals surface area contributed by atoms with Gasteiger partial charge in [-0.3, -0.25) is 4.79 Å². The summed E-state index contributed by atoms with van der Waals surface area (Å²) in [6, 6.07) is 11.5. The van der Waals surface area contributed by atoms with Gasteiger partial charge in [-0.2, -0.15) is 0 Å². The number of carbonyl (C=O) groups is 1. The highest BCUT2D eigenvalue weighted by Gasteiger charge is 2.17. The van der Waals surface area contributed by atoms with Gasteiger partial charge < -0.3 is 14.1 Å². The number of rotatable bonds is 6. The molecule has 0 fully saturated rings. The molecule has 24 heavy (non-hydrogen) atoms. The van der Waals surface area contributed by atoms with Crippen molar-refractivity contribution >= 4 is 17.2 Å². The lowest BCUT2D eigenvalue weighted by Crippen LogP contribution is -2.31. The second-order valence-electron chi connectivity index (χ2n) is 5.41. The molecule has 0 unspecified atom stereocenters. The highest BCUT2D eigenvalue weighted by Crippen LogP contribution is 2.24. The number of aryl methyl sites for hydroxylation is 1. The predicted molar refractivity (Wildman–Crippen MR) is 93.5 cm³/mol. The molecule has 1 amide bonds. The second-order valence-corrected chi connectivity index (χ2v) is 6.26. The fraction of sp³-hybridized carbons (Fsp3) is 0.222. The van der Waals surface area contributed by atoms with E-state index in [1.807, 2.05) is 37.3 Å². The molecule has 0 radical (unpaired) electrons. The standard InChI is InChI=1S/C18H18N2O3S/c1-13-5-3-6-14(11-13)22-10-8-20(2)18(21)15-12-24-17(19-15)16-7-4-9-23-16/h3-7,9,11-12H,8,10H2,1-2H3. The Morgan fingerprint density at radius 2 is 2.21 bits per heavy atom. The highest BCUT2D eigenvalue weighted by molar-refractivity contribution is 7.13. The van der Waals surface area contributed by atoms with E-state index < -0.39 is 0 Å². The van der Waals surface area contributed by atoms with Crippen LogP contribution < -0.4 is 4.74 Å². The largest absolute Gasteiger partial charge is 0.492 e. The summed E-state index contributed by atoms with van der Waals surface area (Å²) >= 11 is 1.39. The molecular weight excluding hydrogens is 324 g/mol. The van der Waals surface area contributed by atoms with E-state index in [4.69, 9.17) is 9.15 Å². The van der Waals surface area contributed by atoms with E-state index in [2.05, 4.69) is 4.98 Å². The van der Waals surface area contributed by atoms with Crippen molar-refractivity contribution in [3.8, 4) is 16.5 Å². The lowest BCUT2D eigenvalue weighted by molar-refractivity contribution is 0.0769. The molecule has 2 aromatic heterocycles. The summed E-state index contributed by atoms with van der Waals surface area (Å²) in [7, 11) is 1.74. The van der Waals surface area contributed by atoms with Crippen molar-refractivity contribution < 1.29 is 13.9 Å². The Kier molecular flexibility index (Phi) is 4.96. The third-order valence-corrected chi connectivity index (χ3v) is 4.34. The van der Waals surface area contributed by atoms with Gasteiger partial charge in [-0.05, 0) is 36.8 Å². The maximum Gasteiger partial charge on any atom is 0.273 e. The quantitative estimate of drug-likeness (QED) is 0.682. The molecule has 1 aromatic carbocycles. The Morgan fingerprint density at radius 1 is 1.33 bits per heavy atom. The van der Waals surface area contributed by atoms with Crippen LogP contribution in [-0.2, 0) is 0 Å². The Balaban J connectivity index is 1.55. The average molecular weight is 342 g/mol. The molecule has 124 valence electrons. The van der Waals surface area contributed by atoms with Gasteiger partial charge in [-0.1, -0.05) is 12.1 Å². The van der Waals surface area contributed by atoms with E-state index in [1.165, 1.54) is 11.3 Å². The maximum atomic E-state index is 12.4. The number of carbonyl (C=O) groups excluding carboxylic acids is 1. The first-order valence-electron chi connectivity index (χ1n) is 7.58. The molecule has 0 saturated carbocycles. The molecule has 0 atom stereocenters. The minimum Gasteiger partial charge on any atom is -0.492 e. The third kappa shape index (κ3) is 3.83. The number of amides is 1. The normalized spacial score (nSPS) is 10.6. The minimum atomic E-state index is -0.128. The van der Waals surface area contributed by atoms with Crippen LogP contribution in [0.25, 0.3) is 10.8 Å². The first-order valence-corrected chi connectivity index (χ1v) is 8.46. The van der Waals surface area contributed by atoms with Gasteiger partial charge in [-0.25, -0.2) is 4.98 Å². The molecular formula is C18H18N2O3S. The molecule has 0 aliphatic carbocycles. The molecule has 0 bridgehead atoms. The summed E-state index contributed by atoms with van der Waals surface area (Å²) in [6.45, 7) is 2.93. The van der Waals surface area contributed by atoms with Crippen LogP contribution in [0.1, 0.15) is 16.1 Å². The SMILES string of the molecule is Cc1cccc(OCCN(C)C(=O)c2csc(-c3ccco3)n2)c1. The number of nitrogens with zero attached hydrogens (tertiary/aromatic N) is 2. The third-order valence-electron chi connectivity index (χ3n) is 3.49. The van der Waals surface area contributed by atoms with Crippen molar-refractivity contribution in [3.05, 3.63) is 59.3 Å². The molecule has 3 rings (SSSR count). The van der Waals surface area contributed by atoms with Crippen molar-refractivity contribution in [1.82, 2.24) is 9.88 Å². The van der Waals surface area contributed by atoms with Gasteiger partial charge in [-0.15, -0.1) is 11.3 Å². The minimum absolute atomic E-state index is 0.128. The number of thiazole rings is 1. The Bertz CT molecular complexity index is 811. The van der Waals surface area contributed by atoms with Crippen LogP contribution in [0.4, 0.5) is 0 Å². The van der Waals surface area contributed by atoms with Gasteiger partial charge in [0.05, 0.1) is 12.8 Å². The highest BCUT2D eigenvalue weighted by atomic mass is 32.1. The maximum absolute atomic E-state index is 12.4. The number of aromatic nitrogens is 1. The molecule has 0 spiro atoms. The van der Waals surface area contributed by atoms with Crippen molar-refractivity contribution in [2.24, 2.45) is 0 Å². The molecule has 6 heteroatoms. The number of likely N-dealkylation sites (N-methyl/N-ethyl adjacent to an activating group) is 1. The van der Waals surface area contributed by atoms with E-state index >= 15 is 0 Å². The summed E-state index contributed by atoms with van der Waals surface area (Å²) in [5.74, 6) is 1.35. The van der Waals surface area contributed by atoms with Crippen LogP contribution in [0.15, 0.2) is 52.5 Å². The molecule has 3 aromatic rings. The van der Waals surface area contributed by atoms with Crippen molar-refractivity contribution in [2.45, 2.75) is 6.92 Å². The van der Waals surface area contributed by atoms with Gasteiger partial charge in [0.25, 0.3) is 5.91 Å². The van der Waals surface area contributed by atoms with Crippen LogP contribution in [-0.4, -0.2) is 36.0 Å². The van der Waals surface area contributed by atoms with Gasteiger partial charge in [0.1, 0.15) is 18.1 Å². The zero-order valence-electron chi connectivity index (χ0n) is 13.6. The lowest BCUT2D eigenvalue weighted by atomic mass is 10.2. The van der Waals surface area contributed by atoms with Crippen molar-refractivity contribution in [1.29, 1.82) is 0 Å². The number of ether oxygens (including phenoxy) is 1. The van der Waals surface area contributed by atoms with Gasteiger partial charge in [0, 0.05) is 12.4 Å². The summed E-state index contributed by atoms with van der Waals surface area (Å²) in [4.78, 5) is 18.4. The molecule has 5 nitrogen and oxygen atoms in total. The predicted octanol–water partition coefficient (Wildman–Crippen LogP) is 3.86. The van der Waals surface area contributed by atoms with E-state index in [9.17, 15) is 4.79 Å². The van der Waals surface area contributed by atoms with Gasteiger partial charge in [0.2, 0.25) is 0 Å². The Labute approximate surface area is 144 Å². The van der Waals surface area contributed by atoms with E-state index in [0.29, 0.717) is 29.6 Å². The van der Waals surface area contributed by atoms with Crippen LogP contribution in [0, 0.1) is 6.92 Å².